The van der Waals surface area contributed by atoms with Crippen LogP contribution in [-0.4, -0.2) is 31.3 Å². The highest BCUT2D eigenvalue weighted by Gasteiger charge is 2.33. The van der Waals surface area contributed by atoms with Crippen molar-refractivity contribution in [2.75, 3.05) is 14.2 Å². The highest BCUT2D eigenvalue weighted by atomic mass is 16.5. The number of carbonyl (C=O) groups is 2. The Morgan fingerprint density at radius 2 is 1.88 bits per heavy atom. The van der Waals surface area contributed by atoms with Crippen molar-refractivity contribution in [1.82, 2.24) is 0 Å². The Kier molecular flexibility index (Phi) is 6.07. The molecule has 6 heteroatoms. The van der Waals surface area contributed by atoms with Crippen LogP contribution in [0.1, 0.15) is 53.7 Å². The number of hydrogen-bond donors (Lipinski definition) is 1. The third kappa shape index (κ3) is 3.78. The zero-order chi connectivity index (χ0) is 18.6. The van der Waals surface area contributed by atoms with Crippen LogP contribution in [0, 0.1) is 0 Å². The molecule has 1 aromatic carbocycles. The van der Waals surface area contributed by atoms with Crippen LogP contribution in [0.4, 0.5) is 0 Å². The first-order valence-corrected chi connectivity index (χ1v) is 8.27. The summed E-state index contributed by atoms with van der Waals surface area (Å²) in [4.78, 5) is 22.9. The van der Waals surface area contributed by atoms with E-state index in [4.69, 9.17) is 19.3 Å². The molecule has 0 fully saturated rings. The molecule has 0 atom stereocenters. The van der Waals surface area contributed by atoms with Crippen LogP contribution in [0.5, 0.6) is 11.5 Å². The Morgan fingerprint density at radius 3 is 2.44 bits per heavy atom. The van der Waals surface area contributed by atoms with E-state index in [1.165, 1.54) is 7.11 Å². The molecule has 0 saturated carbocycles. The minimum absolute atomic E-state index is 0.0906. The van der Waals surface area contributed by atoms with E-state index in [1.807, 2.05) is 19.9 Å². The first-order valence-electron chi connectivity index (χ1n) is 8.27. The predicted molar refractivity (Wildman–Crippen MR) is 92.4 cm³/mol. The zero-order valence-electron chi connectivity index (χ0n) is 15.1. The lowest BCUT2D eigenvalue weighted by molar-refractivity contribution is -0.136. The van der Waals surface area contributed by atoms with Gasteiger partial charge in [0.1, 0.15) is 23.7 Å². The van der Waals surface area contributed by atoms with Gasteiger partial charge in [-0.15, -0.1) is 0 Å². The number of aliphatic carboxylic acids is 1. The van der Waals surface area contributed by atoms with Gasteiger partial charge in [0.05, 0.1) is 14.2 Å². The van der Waals surface area contributed by atoms with Gasteiger partial charge in [0.25, 0.3) is 0 Å². The molecule has 1 N–H and O–H groups in total. The Morgan fingerprint density at radius 1 is 1.20 bits per heavy atom. The van der Waals surface area contributed by atoms with Crippen molar-refractivity contribution in [3.63, 3.8) is 0 Å². The average molecular weight is 348 g/mol. The summed E-state index contributed by atoms with van der Waals surface area (Å²) in [6.07, 6.45) is 3.72. The number of fused-ring (bicyclic) bond motifs is 1. The normalized spacial score (nSPS) is 13.4. The Bertz CT molecular complexity index is 717. The summed E-state index contributed by atoms with van der Waals surface area (Å²) < 4.78 is 16.4. The molecule has 0 radical (unpaired) electrons. The number of rotatable bonds is 8. The summed E-state index contributed by atoms with van der Waals surface area (Å²) in [7, 11) is 3.12. The number of esters is 1. The zero-order valence-corrected chi connectivity index (χ0v) is 15.1. The first-order chi connectivity index (χ1) is 11.9. The van der Waals surface area contributed by atoms with Crippen LogP contribution in [0.3, 0.4) is 0 Å². The van der Waals surface area contributed by atoms with E-state index in [0.717, 1.165) is 22.3 Å². The van der Waals surface area contributed by atoms with Crippen LogP contribution in [0.25, 0.3) is 0 Å². The van der Waals surface area contributed by atoms with Crippen molar-refractivity contribution >= 4 is 11.9 Å². The number of ether oxygens (including phenoxy) is 3. The van der Waals surface area contributed by atoms with Crippen LogP contribution in [0.15, 0.2) is 11.6 Å². The van der Waals surface area contributed by atoms with E-state index in [0.29, 0.717) is 36.3 Å². The number of carboxylic acid groups (broad SMARTS) is 1. The van der Waals surface area contributed by atoms with E-state index in [-0.39, 0.29) is 19.0 Å². The number of methoxy groups -OCH3 is 2. The fraction of sp³-hybridized carbons (Fsp3) is 0.474. The van der Waals surface area contributed by atoms with Gasteiger partial charge >= 0.3 is 11.9 Å². The van der Waals surface area contributed by atoms with Crippen molar-refractivity contribution in [1.29, 1.82) is 0 Å². The molecule has 0 saturated heterocycles. The molecule has 0 aromatic heterocycles. The molecule has 0 spiro atoms. The van der Waals surface area contributed by atoms with E-state index in [2.05, 4.69) is 0 Å². The highest BCUT2D eigenvalue weighted by molar-refractivity contribution is 5.98. The lowest BCUT2D eigenvalue weighted by atomic mass is 9.92. The quantitative estimate of drug-likeness (QED) is 0.573. The van der Waals surface area contributed by atoms with Crippen molar-refractivity contribution in [3.8, 4) is 11.5 Å². The van der Waals surface area contributed by atoms with E-state index in [1.54, 1.807) is 7.11 Å². The van der Waals surface area contributed by atoms with E-state index < -0.39 is 5.97 Å². The van der Waals surface area contributed by atoms with Gasteiger partial charge in [-0.2, -0.15) is 0 Å². The molecule has 1 heterocycles. The minimum Gasteiger partial charge on any atom is -0.496 e. The maximum Gasteiger partial charge on any atom is 0.342 e. The van der Waals surface area contributed by atoms with Crippen molar-refractivity contribution < 1.29 is 28.9 Å². The highest BCUT2D eigenvalue weighted by Crippen LogP contribution is 2.43. The third-order valence-corrected chi connectivity index (χ3v) is 4.42. The molecule has 0 unspecified atom stereocenters. The molecule has 0 amide bonds. The van der Waals surface area contributed by atoms with Crippen molar-refractivity contribution in [2.45, 2.75) is 46.1 Å². The maximum absolute atomic E-state index is 12.2. The Hall–Kier alpha value is -2.50. The van der Waals surface area contributed by atoms with Gasteiger partial charge in [-0.3, -0.25) is 4.79 Å². The lowest BCUT2D eigenvalue weighted by Crippen LogP contribution is -2.08. The number of hydrogen-bond acceptors (Lipinski definition) is 5. The molecule has 0 aliphatic carbocycles. The summed E-state index contributed by atoms with van der Waals surface area (Å²) in [6.45, 7) is 4.13. The number of carboxylic acids is 1. The van der Waals surface area contributed by atoms with Crippen molar-refractivity contribution in [2.24, 2.45) is 0 Å². The molecular weight excluding hydrogens is 324 g/mol. The largest absolute Gasteiger partial charge is 0.496 e. The second-order valence-electron chi connectivity index (χ2n) is 5.96. The van der Waals surface area contributed by atoms with Crippen LogP contribution in [0.2, 0.25) is 0 Å². The molecule has 1 aliphatic rings. The van der Waals surface area contributed by atoms with Gasteiger partial charge in [0, 0.05) is 23.1 Å². The molecule has 0 bridgehead atoms. The minimum atomic E-state index is -0.823. The molecule has 25 heavy (non-hydrogen) atoms. The van der Waals surface area contributed by atoms with Crippen LogP contribution in [-0.2, 0) is 29.0 Å². The SMILES string of the molecule is CCc1c2c(c(OC)c(C/C=C(\C)CCC(=O)O)c1OC)C(=O)OC2. The standard InChI is InChI=1S/C19H24O6/c1-5-12-14-10-25-19(22)16(14)18(24-4)13(17(12)23-3)8-6-11(2)7-9-15(20)21/h6H,5,7-10H2,1-4H3,(H,20,21)/b11-6+. The molecule has 1 aliphatic heterocycles. The fourth-order valence-corrected chi connectivity index (χ4v) is 3.16. The summed E-state index contributed by atoms with van der Waals surface area (Å²) in [5.41, 5.74) is 4.01. The summed E-state index contributed by atoms with van der Waals surface area (Å²) in [5, 5.41) is 8.80. The second kappa shape index (κ2) is 8.05. The first kappa shape index (κ1) is 18.8. The fourth-order valence-electron chi connectivity index (χ4n) is 3.16. The smallest absolute Gasteiger partial charge is 0.342 e. The topological polar surface area (TPSA) is 82.1 Å². The maximum atomic E-state index is 12.2. The molecular formula is C19H24O6. The second-order valence-corrected chi connectivity index (χ2v) is 5.96. The average Bonchev–Trinajstić information content (AvgIpc) is 2.97. The third-order valence-electron chi connectivity index (χ3n) is 4.42. The number of benzene rings is 1. The van der Waals surface area contributed by atoms with Gasteiger partial charge in [0.15, 0.2) is 0 Å². The van der Waals surface area contributed by atoms with Gasteiger partial charge in [-0.1, -0.05) is 18.6 Å². The number of cyclic esters (lactones) is 1. The molecule has 1 aromatic rings. The molecule has 136 valence electrons. The van der Waals surface area contributed by atoms with E-state index >= 15 is 0 Å². The molecule has 6 nitrogen and oxygen atoms in total. The summed E-state index contributed by atoms with van der Waals surface area (Å²) in [6, 6.07) is 0. The monoisotopic (exact) mass is 348 g/mol. The number of carbonyl (C=O) groups excluding carboxylic acids is 1. The summed E-state index contributed by atoms with van der Waals surface area (Å²) >= 11 is 0. The summed E-state index contributed by atoms with van der Waals surface area (Å²) in [5.74, 6) is -0.0130. The van der Waals surface area contributed by atoms with Crippen LogP contribution >= 0.6 is 0 Å². The van der Waals surface area contributed by atoms with Gasteiger partial charge in [-0.05, 0) is 26.2 Å². The Balaban J connectivity index is 2.49. The lowest BCUT2D eigenvalue weighted by Gasteiger charge is -2.19. The van der Waals surface area contributed by atoms with Gasteiger partial charge in [-0.25, -0.2) is 4.79 Å². The van der Waals surface area contributed by atoms with Crippen molar-refractivity contribution in [3.05, 3.63) is 33.9 Å². The van der Waals surface area contributed by atoms with Gasteiger partial charge < -0.3 is 19.3 Å². The van der Waals surface area contributed by atoms with E-state index in [9.17, 15) is 9.59 Å². The van der Waals surface area contributed by atoms with Gasteiger partial charge in [0.2, 0.25) is 0 Å². The Labute approximate surface area is 147 Å². The van der Waals surface area contributed by atoms with Crippen LogP contribution < -0.4 is 9.47 Å². The molecule has 2 rings (SSSR count). The predicted octanol–water partition coefficient (Wildman–Crippen LogP) is 3.29. The number of allylic oxidation sites excluding steroid dienone is 2.